The number of ether oxygens (including phenoxy) is 2. The number of hydrogen-bond acceptors (Lipinski definition) is 3. The zero-order valence-electron chi connectivity index (χ0n) is 16.0. The lowest BCUT2D eigenvalue weighted by Gasteiger charge is -2.10. The molecule has 0 aromatic heterocycles. The average molecular weight is 433 g/mol. The van der Waals surface area contributed by atoms with E-state index in [1.54, 1.807) is 12.1 Å². The van der Waals surface area contributed by atoms with Gasteiger partial charge >= 0.3 is 12.1 Å². The van der Waals surface area contributed by atoms with Crippen molar-refractivity contribution in [3.05, 3.63) is 84.9 Å². The molecule has 3 rings (SSSR count). The summed E-state index contributed by atoms with van der Waals surface area (Å²) < 4.78 is 46.1. The van der Waals surface area contributed by atoms with Crippen LogP contribution in [-0.4, -0.2) is 25.4 Å². The SMILES string of the molecule is O=C(COc1ccc([S+](c2ccccc2)c2ccccc2)cc1)OCCC(F)(F)F. The van der Waals surface area contributed by atoms with E-state index in [-0.39, 0.29) is 10.9 Å². The fraction of sp³-hybridized carbons (Fsp3) is 0.174. The Hall–Kier alpha value is -2.93. The van der Waals surface area contributed by atoms with Crippen LogP contribution in [0, 0.1) is 0 Å². The van der Waals surface area contributed by atoms with Gasteiger partial charge in [-0.25, -0.2) is 4.79 Å². The second-order valence-electron chi connectivity index (χ2n) is 6.28. The maximum absolute atomic E-state index is 12.1. The van der Waals surface area contributed by atoms with Crippen molar-refractivity contribution in [2.24, 2.45) is 0 Å². The Balaban J connectivity index is 1.65. The lowest BCUT2D eigenvalue weighted by molar-refractivity contribution is -0.160. The van der Waals surface area contributed by atoms with Crippen molar-refractivity contribution >= 4 is 16.9 Å². The van der Waals surface area contributed by atoms with Crippen LogP contribution >= 0.6 is 0 Å². The van der Waals surface area contributed by atoms with E-state index in [4.69, 9.17) is 4.74 Å². The molecule has 0 bridgehead atoms. The second-order valence-corrected chi connectivity index (χ2v) is 8.30. The maximum atomic E-state index is 12.1. The third-order valence-corrected chi connectivity index (χ3v) is 6.25. The molecular weight excluding hydrogens is 413 g/mol. The summed E-state index contributed by atoms with van der Waals surface area (Å²) in [4.78, 5) is 15.0. The molecule has 3 nitrogen and oxygen atoms in total. The van der Waals surface area contributed by atoms with E-state index in [9.17, 15) is 18.0 Å². The highest BCUT2D eigenvalue weighted by molar-refractivity contribution is 7.97. The van der Waals surface area contributed by atoms with Crippen molar-refractivity contribution in [3.63, 3.8) is 0 Å². The topological polar surface area (TPSA) is 35.5 Å². The predicted octanol–water partition coefficient (Wildman–Crippen LogP) is 5.66. The van der Waals surface area contributed by atoms with Crippen molar-refractivity contribution < 1.29 is 27.4 Å². The Bertz CT molecular complexity index is 890. The number of esters is 1. The van der Waals surface area contributed by atoms with E-state index in [1.165, 1.54) is 9.79 Å². The molecule has 0 N–H and O–H groups in total. The van der Waals surface area contributed by atoms with Crippen LogP contribution in [0.3, 0.4) is 0 Å². The molecule has 0 fully saturated rings. The van der Waals surface area contributed by atoms with Crippen LogP contribution in [0.4, 0.5) is 13.2 Å². The van der Waals surface area contributed by atoms with Gasteiger partial charge in [-0.3, -0.25) is 0 Å². The van der Waals surface area contributed by atoms with Gasteiger partial charge in [0.1, 0.15) is 12.4 Å². The van der Waals surface area contributed by atoms with Crippen LogP contribution in [0.1, 0.15) is 6.42 Å². The molecule has 0 saturated heterocycles. The standard InChI is InChI=1S/C23H20F3O3S/c24-23(25,26)15-16-28-22(27)17-29-18-11-13-21(14-12-18)30(19-7-3-1-4-8-19)20-9-5-2-6-10-20/h1-14H,15-17H2/q+1. The molecule has 3 aromatic rings. The summed E-state index contributed by atoms with van der Waals surface area (Å²) in [5, 5.41) is 0. The fourth-order valence-corrected chi connectivity index (χ4v) is 4.74. The Morgan fingerprint density at radius 1 is 0.767 bits per heavy atom. The number of alkyl halides is 3. The van der Waals surface area contributed by atoms with E-state index in [2.05, 4.69) is 29.0 Å². The van der Waals surface area contributed by atoms with Crippen LogP contribution in [0.5, 0.6) is 5.75 Å². The number of halogens is 3. The van der Waals surface area contributed by atoms with Crippen LogP contribution in [-0.2, 0) is 20.4 Å². The molecule has 3 aromatic carbocycles. The summed E-state index contributed by atoms with van der Waals surface area (Å²) >= 11 is 0. The molecule has 0 spiro atoms. The molecule has 0 heterocycles. The van der Waals surface area contributed by atoms with Crippen molar-refractivity contribution in [1.29, 1.82) is 0 Å². The van der Waals surface area contributed by atoms with Gasteiger partial charge in [-0.2, -0.15) is 13.2 Å². The monoisotopic (exact) mass is 433 g/mol. The number of benzene rings is 3. The lowest BCUT2D eigenvalue weighted by Crippen LogP contribution is -2.19. The molecular formula is C23H20F3O3S+. The molecule has 0 aliphatic heterocycles. The molecule has 0 saturated carbocycles. The summed E-state index contributed by atoms with van der Waals surface area (Å²) in [7, 11) is -0.302. The zero-order valence-corrected chi connectivity index (χ0v) is 16.8. The van der Waals surface area contributed by atoms with Crippen molar-refractivity contribution in [2.75, 3.05) is 13.2 Å². The predicted molar refractivity (Wildman–Crippen MR) is 109 cm³/mol. The number of hydrogen-bond donors (Lipinski definition) is 0. The quantitative estimate of drug-likeness (QED) is 0.340. The van der Waals surface area contributed by atoms with Gasteiger partial charge in [-0.15, -0.1) is 0 Å². The van der Waals surface area contributed by atoms with Gasteiger partial charge in [0.15, 0.2) is 21.3 Å². The van der Waals surface area contributed by atoms with E-state index in [0.717, 1.165) is 4.90 Å². The zero-order chi connectivity index (χ0) is 21.4. The molecule has 7 heteroatoms. The third kappa shape index (κ3) is 6.56. The van der Waals surface area contributed by atoms with E-state index in [1.807, 2.05) is 48.5 Å². The van der Waals surface area contributed by atoms with Crippen LogP contribution in [0.25, 0.3) is 0 Å². The highest BCUT2D eigenvalue weighted by atomic mass is 32.2. The minimum Gasteiger partial charge on any atom is -0.482 e. The molecule has 0 aliphatic carbocycles. The van der Waals surface area contributed by atoms with E-state index >= 15 is 0 Å². The molecule has 156 valence electrons. The summed E-state index contributed by atoms with van der Waals surface area (Å²) in [6.07, 6.45) is -5.53. The average Bonchev–Trinajstić information content (AvgIpc) is 2.74. The van der Waals surface area contributed by atoms with Gasteiger partial charge in [0.2, 0.25) is 0 Å². The lowest BCUT2D eigenvalue weighted by atomic mass is 10.3. The van der Waals surface area contributed by atoms with Gasteiger partial charge in [0.25, 0.3) is 0 Å². The van der Waals surface area contributed by atoms with Crippen molar-refractivity contribution in [3.8, 4) is 5.75 Å². The normalized spacial score (nSPS) is 11.3. The maximum Gasteiger partial charge on any atom is 0.392 e. The van der Waals surface area contributed by atoms with E-state index < -0.39 is 31.8 Å². The summed E-state index contributed by atoms with van der Waals surface area (Å²) in [6.45, 7) is -1.15. The second kappa shape index (κ2) is 10.2. The van der Waals surface area contributed by atoms with Gasteiger partial charge in [0, 0.05) is 0 Å². The smallest absolute Gasteiger partial charge is 0.392 e. The van der Waals surface area contributed by atoms with Crippen LogP contribution < -0.4 is 4.74 Å². The van der Waals surface area contributed by atoms with Gasteiger partial charge in [-0.1, -0.05) is 36.4 Å². The van der Waals surface area contributed by atoms with Crippen molar-refractivity contribution in [2.45, 2.75) is 27.3 Å². The van der Waals surface area contributed by atoms with Gasteiger partial charge < -0.3 is 9.47 Å². The minimum absolute atomic E-state index is 0.302. The Kier molecular flexibility index (Phi) is 7.41. The largest absolute Gasteiger partial charge is 0.482 e. The van der Waals surface area contributed by atoms with Gasteiger partial charge in [-0.05, 0) is 48.5 Å². The first-order chi connectivity index (χ1) is 14.4. The van der Waals surface area contributed by atoms with Gasteiger partial charge in [0.05, 0.1) is 17.3 Å². The molecule has 0 amide bonds. The fourth-order valence-electron chi connectivity index (χ4n) is 2.66. The molecule has 0 aliphatic rings. The number of rotatable bonds is 8. The first-order valence-corrected chi connectivity index (χ1v) is 10.4. The number of carbonyl (C=O) groups excluding carboxylic acids is 1. The molecule has 0 radical (unpaired) electrons. The first-order valence-electron chi connectivity index (χ1n) is 9.22. The highest BCUT2D eigenvalue weighted by Gasteiger charge is 2.28. The molecule has 0 unspecified atom stereocenters. The minimum atomic E-state index is -4.36. The highest BCUT2D eigenvalue weighted by Crippen LogP contribution is 2.31. The van der Waals surface area contributed by atoms with Crippen LogP contribution in [0.2, 0.25) is 0 Å². The first kappa shape index (κ1) is 21.8. The number of carbonyl (C=O) groups is 1. The summed E-state index contributed by atoms with van der Waals surface area (Å²) in [5.74, 6) is -0.396. The molecule has 0 atom stereocenters. The Morgan fingerprint density at radius 2 is 1.27 bits per heavy atom. The summed E-state index contributed by atoms with van der Waals surface area (Å²) in [5.41, 5.74) is 0. The third-order valence-electron chi connectivity index (χ3n) is 4.02. The Labute approximate surface area is 175 Å². The van der Waals surface area contributed by atoms with E-state index in [0.29, 0.717) is 5.75 Å². The van der Waals surface area contributed by atoms with Crippen LogP contribution in [0.15, 0.2) is 99.6 Å². The Morgan fingerprint density at radius 3 is 1.77 bits per heavy atom. The molecule has 30 heavy (non-hydrogen) atoms. The summed E-state index contributed by atoms with van der Waals surface area (Å²) in [6, 6.07) is 27.6. The van der Waals surface area contributed by atoms with Crippen molar-refractivity contribution in [1.82, 2.24) is 0 Å².